The number of thioether (sulfide) groups is 1. The summed E-state index contributed by atoms with van der Waals surface area (Å²) in [4.78, 5) is 0. The lowest BCUT2D eigenvalue weighted by atomic mass is 9.78. The van der Waals surface area contributed by atoms with E-state index in [1.54, 1.807) is 0 Å². The fourth-order valence-electron chi connectivity index (χ4n) is 3.14. The van der Waals surface area contributed by atoms with Crippen LogP contribution >= 0.6 is 11.8 Å². The summed E-state index contributed by atoms with van der Waals surface area (Å²) in [6, 6.07) is 0. The smallest absolute Gasteiger partial charge is 0.00811 e. The average molecular weight is 184 g/mol. The molecule has 4 unspecified atom stereocenters. The van der Waals surface area contributed by atoms with Crippen LogP contribution in [0.15, 0.2) is 0 Å². The molecule has 0 bridgehead atoms. The predicted octanol–water partition coefficient (Wildman–Crippen LogP) is 3.71. The lowest BCUT2D eigenvalue weighted by Crippen LogP contribution is -2.23. The van der Waals surface area contributed by atoms with Gasteiger partial charge in [-0.1, -0.05) is 33.1 Å². The molecule has 2 fully saturated rings. The van der Waals surface area contributed by atoms with E-state index in [-0.39, 0.29) is 0 Å². The summed E-state index contributed by atoms with van der Waals surface area (Å²) in [6.07, 6.45) is 7.45. The Morgan fingerprint density at radius 1 is 1.25 bits per heavy atom. The van der Waals surface area contributed by atoms with Gasteiger partial charge in [0.1, 0.15) is 0 Å². The van der Waals surface area contributed by atoms with Crippen molar-refractivity contribution in [3.8, 4) is 0 Å². The van der Waals surface area contributed by atoms with Gasteiger partial charge in [0, 0.05) is 10.5 Å². The maximum absolute atomic E-state index is 2.44. The third-order valence-corrected chi connectivity index (χ3v) is 5.48. The first kappa shape index (κ1) is 8.93. The second-order valence-corrected chi connectivity index (χ2v) is 6.02. The normalized spacial score (nSPS) is 47.5. The molecule has 1 saturated heterocycles. The Morgan fingerprint density at radius 3 is 2.75 bits per heavy atom. The van der Waals surface area contributed by atoms with Gasteiger partial charge in [0.15, 0.2) is 0 Å². The Bertz CT molecular complexity index is 155. The van der Waals surface area contributed by atoms with Gasteiger partial charge in [0.05, 0.1) is 0 Å². The lowest BCUT2D eigenvalue weighted by Gasteiger charge is -2.27. The fourth-order valence-corrected chi connectivity index (χ4v) is 5.13. The summed E-state index contributed by atoms with van der Waals surface area (Å²) in [5, 5.41) is 1.99. The zero-order chi connectivity index (χ0) is 8.55. The van der Waals surface area contributed by atoms with Crippen LogP contribution in [-0.4, -0.2) is 10.5 Å². The minimum absolute atomic E-state index is 0.947. The first-order valence-electron chi connectivity index (χ1n) is 5.48. The molecule has 0 amide bonds. The summed E-state index contributed by atoms with van der Waals surface area (Å²) in [7, 11) is 0. The van der Waals surface area contributed by atoms with Crippen molar-refractivity contribution < 1.29 is 0 Å². The average Bonchev–Trinajstić information content (AvgIpc) is 2.40. The molecule has 0 aromatic carbocycles. The molecule has 4 atom stereocenters. The quantitative estimate of drug-likeness (QED) is 0.598. The molecular weight excluding hydrogens is 164 g/mol. The molecule has 1 aliphatic carbocycles. The van der Waals surface area contributed by atoms with Crippen molar-refractivity contribution in [3.63, 3.8) is 0 Å². The van der Waals surface area contributed by atoms with Crippen LogP contribution in [0.25, 0.3) is 0 Å². The van der Waals surface area contributed by atoms with Gasteiger partial charge in [0.25, 0.3) is 0 Å². The van der Waals surface area contributed by atoms with E-state index in [2.05, 4.69) is 25.6 Å². The minimum atomic E-state index is 0.947. The van der Waals surface area contributed by atoms with E-state index in [9.17, 15) is 0 Å². The first-order valence-corrected chi connectivity index (χ1v) is 6.42. The molecule has 70 valence electrons. The van der Waals surface area contributed by atoms with Crippen LogP contribution in [0.5, 0.6) is 0 Å². The zero-order valence-electron chi connectivity index (χ0n) is 8.25. The highest BCUT2D eigenvalue weighted by Crippen LogP contribution is 2.50. The largest absolute Gasteiger partial charge is 0.155 e. The molecule has 2 aliphatic rings. The molecule has 0 radical (unpaired) electrons. The van der Waals surface area contributed by atoms with Crippen molar-refractivity contribution >= 4 is 11.8 Å². The van der Waals surface area contributed by atoms with Crippen molar-refractivity contribution in [2.45, 2.75) is 56.5 Å². The Labute approximate surface area is 80.5 Å². The molecule has 1 heteroatoms. The Hall–Kier alpha value is 0.350. The molecule has 1 saturated carbocycles. The van der Waals surface area contributed by atoms with Gasteiger partial charge in [-0.3, -0.25) is 0 Å². The summed E-state index contributed by atoms with van der Waals surface area (Å²) in [5.74, 6) is 2.13. The number of fused-ring (bicyclic) bond motifs is 1. The molecule has 2 rings (SSSR count). The minimum Gasteiger partial charge on any atom is -0.155 e. The van der Waals surface area contributed by atoms with E-state index in [4.69, 9.17) is 0 Å². The standard InChI is InChI=1S/C11H20S/c1-3-9-8(2)12-11-7-5-4-6-10(9)11/h8-11H,3-7H2,1-2H3. The molecular formula is C11H20S. The van der Waals surface area contributed by atoms with Crippen LogP contribution in [-0.2, 0) is 0 Å². The Balaban J connectivity index is 2.05. The molecule has 1 heterocycles. The highest BCUT2D eigenvalue weighted by atomic mass is 32.2. The molecule has 0 nitrogen and oxygen atoms in total. The molecule has 0 aromatic rings. The van der Waals surface area contributed by atoms with Gasteiger partial charge in [0.2, 0.25) is 0 Å². The van der Waals surface area contributed by atoms with Crippen LogP contribution in [0.1, 0.15) is 46.0 Å². The van der Waals surface area contributed by atoms with Gasteiger partial charge in [-0.2, -0.15) is 11.8 Å². The van der Waals surface area contributed by atoms with Crippen LogP contribution in [0.3, 0.4) is 0 Å². The van der Waals surface area contributed by atoms with E-state index >= 15 is 0 Å². The number of rotatable bonds is 1. The number of hydrogen-bond donors (Lipinski definition) is 0. The second kappa shape index (κ2) is 3.61. The van der Waals surface area contributed by atoms with Crippen molar-refractivity contribution in [2.75, 3.05) is 0 Å². The third kappa shape index (κ3) is 1.41. The van der Waals surface area contributed by atoms with E-state index in [0.29, 0.717) is 0 Å². The summed E-state index contributed by atoms with van der Waals surface area (Å²) >= 11 is 2.28. The van der Waals surface area contributed by atoms with Crippen LogP contribution in [0, 0.1) is 11.8 Å². The highest BCUT2D eigenvalue weighted by molar-refractivity contribution is 8.00. The Morgan fingerprint density at radius 2 is 2.00 bits per heavy atom. The van der Waals surface area contributed by atoms with Gasteiger partial charge < -0.3 is 0 Å². The van der Waals surface area contributed by atoms with Crippen LogP contribution in [0.4, 0.5) is 0 Å². The molecule has 1 aliphatic heterocycles. The SMILES string of the molecule is CCC1C(C)SC2CCCCC21. The summed E-state index contributed by atoms with van der Waals surface area (Å²) in [5.41, 5.74) is 0. The van der Waals surface area contributed by atoms with Crippen molar-refractivity contribution in [1.82, 2.24) is 0 Å². The van der Waals surface area contributed by atoms with E-state index in [1.807, 2.05) is 0 Å². The molecule has 12 heavy (non-hydrogen) atoms. The third-order valence-electron chi connectivity index (χ3n) is 3.77. The highest BCUT2D eigenvalue weighted by Gasteiger charge is 2.41. The van der Waals surface area contributed by atoms with Gasteiger partial charge >= 0.3 is 0 Å². The molecule has 0 N–H and O–H groups in total. The maximum Gasteiger partial charge on any atom is 0.00811 e. The topological polar surface area (TPSA) is 0 Å². The van der Waals surface area contributed by atoms with Crippen molar-refractivity contribution in [2.24, 2.45) is 11.8 Å². The van der Waals surface area contributed by atoms with Gasteiger partial charge in [-0.05, 0) is 24.7 Å². The van der Waals surface area contributed by atoms with Gasteiger partial charge in [-0.25, -0.2) is 0 Å². The molecule has 0 spiro atoms. The Kier molecular flexibility index (Phi) is 2.69. The van der Waals surface area contributed by atoms with E-state index in [1.165, 1.54) is 32.1 Å². The summed E-state index contributed by atoms with van der Waals surface area (Å²) in [6.45, 7) is 4.82. The zero-order valence-corrected chi connectivity index (χ0v) is 9.07. The maximum atomic E-state index is 2.44. The van der Waals surface area contributed by atoms with Crippen molar-refractivity contribution in [1.29, 1.82) is 0 Å². The second-order valence-electron chi connectivity index (χ2n) is 4.40. The van der Waals surface area contributed by atoms with Crippen molar-refractivity contribution in [3.05, 3.63) is 0 Å². The van der Waals surface area contributed by atoms with Crippen LogP contribution in [0.2, 0.25) is 0 Å². The van der Waals surface area contributed by atoms with Crippen LogP contribution < -0.4 is 0 Å². The monoisotopic (exact) mass is 184 g/mol. The number of hydrogen-bond acceptors (Lipinski definition) is 1. The van der Waals surface area contributed by atoms with E-state index < -0.39 is 0 Å². The predicted molar refractivity (Wildman–Crippen MR) is 56.6 cm³/mol. The summed E-state index contributed by atoms with van der Waals surface area (Å²) < 4.78 is 0. The lowest BCUT2D eigenvalue weighted by molar-refractivity contribution is 0.271. The molecule has 0 aromatic heterocycles. The fraction of sp³-hybridized carbons (Fsp3) is 1.00. The van der Waals surface area contributed by atoms with Gasteiger partial charge in [-0.15, -0.1) is 0 Å². The first-order chi connectivity index (χ1) is 5.83. The van der Waals surface area contributed by atoms with E-state index in [0.717, 1.165) is 22.3 Å².